The number of ether oxygens (including phenoxy) is 1. The highest BCUT2D eigenvalue weighted by Gasteiger charge is 2.22. The van der Waals surface area contributed by atoms with Gasteiger partial charge in [0.2, 0.25) is 0 Å². The van der Waals surface area contributed by atoms with Crippen LogP contribution in [0.4, 0.5) is 17.1 Å². The zero-order chi connectivity index (χ0) is 21.7. The third-order valence-electron chi connectivity index (χ3n) is 4.08. The number of methoxy groups -OCH3 is 1. The van der Waals surface area contributed by atoms with Crippen LogP contribution in [-0.4, -0.2) is 26.7 Å². The first kappa shape index (κ1) is 21.3. The number of thiophene rings is 1. The molecule has 156 valence electrons. The van der Waals surface area contributed by atoms with Crippen molar-refractivity contribution < 1.29 is 18.1 Å². The van der Waals surface area contributed by atoms with Crippen molar-refractivity contribution in [2.45, 2.75) is 11.8 Å². The summed E-state index contributed by atoms with van der Waals surface area (Å²) in [5.74, 6) is 0.564. The molecule has 3 aromatic rings. The first-order chi connectivity index (χ1) is 14.3. The average molecular weight is 447 g/mol. The van der Waals surface area contributed by atoms with Crippen LogP contribution < -0.4 is 14.9 Å². The standard InChI is InChI=1S/C19H18N4O5S2/c1-13-9-10-29-18(13)12-20-21-17-8-5-15(23(24)25)11-19(17)30(26,27)22-14-3-6-16(28-2)7-4-14/h3-12,21-22H,1-2H3. The number of hydrazone groups is 1. The van der Waals surface area contributed by atoms with Crippen LogP contribution in [0.3, 0.4) is 0 Å². The van der Waals surface area contributed by atoms with Crippen LogP contribution >= 0.6 is 11.3 Å². The summed E-state index contributed by atoms with van der Waals surface area (Å²) in [7, 11) is -2.64. The number of sulfonamides is 1. The highest BCUT2D eigenvalue weighted by atomic mass is 32.2. The molecule has 0 unspecified atom stereocenters. The van der Waals surface area contributed by atoms with Crippen LogP contribution in [0, 0.1) is 17.0 Å². The Morgan fingerprint density at radius 2 is 1.90 bits per heavy atom. The molecule has 0 spiro atoms. The number of non-ortho nitro benzene ring substituents is 1. The van der Waals surface area contributed by atoms with Gasteiger partial charge in [0.25, 0.3) is 15.7 Å². The monoisotopic (exact) mass is 446 g/mol. The van der Waals surface area contributed by atoms with Crippen LogP contribution in [0.25, 0.3) is 0 Å². The lowest BCUT2D eigenvalue weighted by molar-refractivity contribution is -0.385. The van der Waals surface area contributed by atoms with Crippen molar-refractivity contribution >= 4 is 44.6 Å². The quantitative estimate of drug-likeness (QED) is 0.303. The molecule has 11 heteroatoms. The Balaban J connectivity index is 1.93. The molecule has 0 saturated heterocycles. The van der Waals surface area contributed by atoms with E-state index in [1.54, 1.807) is 18.3 Å². The minimum atomic E-state index is -4.14. The Morgan fingerprint density at radius 3 is 2.50 bits per heavy atom. The molecule has 1 heterocycles. The van der Waals surface area contributed by atoms with Gasteiger partial charge in [-0.15, -0.1) is 11.3 Å². The summed E-state index contributed by atoms with van der Waals surface area (Å²) in [6, 6.07) is 11.7. The second-order valence-corrected chi connectivity index (χ2v) is 8.71. The SMILES string of the molecule is COc1ccc(NS(=O)(=O)c2cc([N+](=O)[O-])ccc2NN=Cc2sccc2C)cc1. The van der Waals surface area contributed by atoms with E-state index in [2.05, 4.69) is 15.2 Å². The number of nitro benzene ring substituents is 1. The fourth-order valence-electron chi connectivity index (χ4n) is 2.49. The zero-order valence-electron chi connectivity index (χ0n) is 16.0. The second-order valence-electron chi connectivity index (χ2n) is 6.11. The van der Waals surface area contributed by atoms with Gasteiger partial charge in [-0.2, -0.15) is 5.10 Å². The maximum atomic E-state index is 12.9. The Bertz CT molecular complexity index is 1190. The maximum Gasteiger partial charge on any atom is 0.270 e. The van der Waals surface area contributed by atoms with Crippen molar-refractivity contribution in [1.29, 1.82) is 0 Å². The number of benzene rings is 2. The highest BCUT2D eigenvalue weighted by Crippen LogP contribution is 2.29. The van der Waals surface area contributed by atoms with Gasteiger partial charge in [-0.3, -0.25) is 20.3 Å². The van der Waals surface area contributed by atoms with E-state index in [0.29, 0.717) is 5.75 Å². The Labute approximate surface area is 177 Å². The number of nitrogens with zero attached hydrogens (tertiary/aromatic N) is 2. The number of hydrogen-bond acceptors (Lipinski definition) is 8. The van der Waals surface area contributed by atoms with Crippen LogP contribution in [0.2, 0.25) is 0 Å². The van der Waals surface area contributed by atoms with E-state index in [4.69, 9.17) is 4.74 Å². The lowest BCUT2D eigenvalue weighted by Gasteiger charge is -2.12. The van der Waals surface area contributed by atoms with E-state index < -0.39 is 14.9 Å². The van der Waals surface area contributed by atoms with Gasteiger partial charge in [-0.25, -0.2) is 8.42 Å². The van der Waals surface area contributed by atoms with Crippen molar-refractivity contribution in [2.75, 3.05) is 17.3 Å². The van der Waals surface area contributed by atoms with Crippen molar-refractivity contribution in [1.82, 2.24) is 0 Å². The molecular formula is C19H18N4O5S2. The van der Waals surface area contributed by atoms with Crippen LogP contribution in [0.5, 0.6) is 5.75 Å². The first-order valence-corrected chi connectivity index (χ1v) is 10.9. The number of nitro groups is 1. The molecule has 2 aromatic carbocycles. The van der Waals surface area contributed by atoms with Crippen molar-refractivity contribution in [3.05, 3.63) is 74.5 Å². The van der Waals surface area contributed by atoms with Gasteiger partial charge in [0.05, 0.1) is 23.9 Å². The minimum absolute atomic E-state index is 0.104. The van der Waals surface area contributed by atoms with Gasteiger partial charge in [-0.05, 0) is 54.3 Å². The van der Waals surface area contributed by atoms with Gasteiger partial charge in [0, 0.05) is 22.7 Å². The number of rotatable bonds is 8. The molecule has 0 bridgehead atoms. The molecule has 1 aromatic heterocycles. The molecular weight excluding hydrogens is 428 g/mol. The van der Waals surface area contributed by atoms with Crippen LogP contribution in [0.1, 0.15) is 10.4 Å². The fourth-order valence-corrected chi connectivity index (χ4v) is 4.51. The van der Waals surface area contributed by atoms with E-state index >= 15 is 0 Å². The van der Waals surface area contributed by atoms with Crippen LogP contribution in [-0.2, 0) is 10.0 Å². The molecule has 9 nitrogen and oxygen atoms in total. The van der Waals surface area contributed by atoms with E-state index in [0.717, 1.165) is 16.5 Å². The summed E-state index contributed by atoms with van der Waals surface area (Å²) < 4.78 is 33.3. The lowest BCUT2D eigenvalue weighted by atomic mass is 10.3. The third-order valence-corrected chi connectivity index (χ3v) is 6.45. The Morgan fingerprint density at radius 1 is 1.17 bits per heavy atom. The summed E-state index contributed by atoms with van der Waals surface area (Å²) >= 11 is 1.49. The van der Waals surface area contributed by atoms with E-state index in [1.165, 1.54) is 42.7 Å². The van der Waals surface area contributed by atoms with E-state index in [9.17, 15) is 18.5 Å². The molecule has 0 aliphatic heterocycles. The number of anilines is 2. The highest BCUT2D eigenvalue weighted by molar-refractivity contribution is 7.92. The molecule has 0 amide bonds. The molecule has 0 aliphatic rings. The zero-order valence-corrected chi connectivity index (χ0v) is 17.7. The molecule has 0 atom stereocenters. The van der Waals surface area contributed by atoms with Crippen LogP contribution in [0.15, 0.2) is 63.9 Å². The molecule has 2 N–H and O–H groups in total. The molecule has 0 saturated carbocycles. The van der Waals surface area contributed by atoms with Crippen molar-refractivity contribution in [3.63, 3.8) is 0 Å². The molecule has 3 rings (SSSR count). The molecule has 0 fully saturated rings. The summed E-state index contributed by atoms with van der Waals surface area (Å²) in [4.78, 5) is 11.1. The third kappa shape index (κ3) is 4.93. The van der Waals surface area contributed by atoms with Gasteiger partial charge in [0.1, 0.15) is 10.6 Å². The second kappa shape index (κ2) is 8.93. The first-order valence-electron chi connectivity index (χ1n) is 8.58. The van der Waals surface area contributed by atoms with Gasteiger partial charge in [0.15, 0.2) is 0 Å². The molecule has 0 radical (unpaired) electrons. The predicted molar refractivity (Wildman–Crippen MR) is 117 cm³/mol. The fraction of sp³-hybridized carbons (Fsp3) is 0.105. The number of aryl methyl sites for hydroxylation is 1. The average Bonchev–Trinajstić information content (AvgIpc) is 3.13. The van der Waals surface area contributed by atoms with E-state index in [1.807, 2.05) is 18.4 Å². The Hall–Kier alpha value is -3.44. The van der Waals surface area contributed by atoms with Gasteiger partial charge >= 0.3 is 0 Å². The Kier molecular flexibility index (Phi) is 6.33. The summed E-state index contributed by atoms with van der Waals surface area (Å²) in [5.41, 5.74) is 3.73. The summed E-state index contributed by atoms with van der Waals surface area (Å²) in [6.07, 6.45) is 1.56. The van der Waals surface area contributed by atoms with Gasteiger partial charge in [-0.1, -0.05) is 0 Å². The summed E-state index contributed by atoms with van der Waals surface area (Å²) in [6.45, 7) is 1.93. The lowest BCUT2D eigenvalue weighted by Crippen LogP contribution is -2.15. The predicted octanol–water partition coefficient (Wildman–Crippen LogP) is 4.22. The molecule has 0 aliphatic carbocycles. The smallest absolute Gasteiger partial charge is 0.270 e. The summed E-state index contributed by atoms with van der Waals surface area (Å²) in [5, 5.41) is 17.1. The number of nitrogens with one attached hydrogen (secondary N) is 2. The maximum absolute atomic E-state index is 12.9. The normalized spacial score (nSPS) is 11.4. The van der Waals surface area contributed by atoms with E-state index in [-0.39, 0.29) is 22.0 Å². The van der Waals surface area contributed by atoms with Crippen molar-refractivity contribution in [3.8, 4) is 5.75 Å². The minimum Gasteiger partial charge on any atom is -0.497 e. The largest absolute Gasteiger partial charge is 0.497 e. The molecule has 30 heavy (non-hydrogen) atoms. The number of hydrogen-bond donors (Lipinski definition) is 2. The van der Waals surface area contributed by atoms with Crippen molar-refractivity contribution in [2.24, 2.45) is 5.10 Å². The van der Waals surface area contributed by atoms with Gasteiger partial charge < -0.3 is 4.74 Å². The topological polar surface area (TPSA) is 123 Å².